The van der Waals surface area contributed by atoms with Crippen molar-refractivity contribution in [1.82, 2.24) is 0 Å². The molecule has 0 spiro atoms. The third kappa shape index (κ3) is 2.35. The van der Waals surface area contributed by atoms with Crippen molar-refractivity contribution in [3.63, 3.8) is 0 Å². The zero-order valence-electron chi connectivity index (χ0n) is 10.4. The first-order valence-electron chi connectivity index (χ1n) is 5.99. The highest BCUT2D eigenvalue weighted by molar-refractivity contribution is 7.21. The number of benzene rings is 2. The van der Waals surface area contributed by atoms with Gasteiger partial charge in [0, 0.05) is 20.8 Å². The topological polar surface area (TPSA) is 55.1 Å². The molecule has 0 bridgehead atoms. The third-order valence-electron chi connectivity index (χ3n) is 2.93. The number of fused-ring (bicyclic) bond motifs is 1. The van der Waals surface area contributed by atoms with Crippen LogP contribution in [0.2, 0.25) is 5.02 Å². The number of halogens is 1. The first-order valence-corrected chi connectivity index (χ1v) is 7.18. The zero-order valence-corrected chi connectivity index (χ0v) is 12.0. The molecule has 0 unspecified atom stereocenters. The fraction of sp³-hybridized carbons (Fsp3) is 0. The zero-order chi connectivity index (χ0) is 14.1. The number of hydrogen-bond donors (Lipinski definition) is 2. The minimum absolute atomic E-state index is 0.203. The minimum Gasteiger partial charge on any atom is -0.397 e. The molecule has 100 valence electrons. The summed E-state index contributed by atoms with van der Waals surface area (Å²) in [6.07, 6.45) is 0. The van der Waals surface area contributed by atoms with Gasteiger partial charge in [0.2, 0.25) is 0 Å². The highest BCUT2D eigenvalue weighted by Crippen LogP contribution is 2.35. The van der Waals surface area contributed by atoms with Crippen LogP contribution in [0, 0.1) is 0 Å². The van der Waals surface area contributed by atoms with Crippen LogP contribution in [0.3, 0.4) is 0 Å². The van der Waals surface area contributed by atoms with Crippen molar-refractivity contribution in [3.05, 3.63) is 58.4 Å². The number of anilines is 2. The Hall–Kier alpha value is -2.04. The van der Waals surface area contributed by atoms with Crippen molar-refractivity contribution in [3.8, 4) is 0 Å². The van der Waals surface area contributed by atoms with Crippen LogP contribution in [0.4, 0.5) is 11.4 Å². The number of thiophene rings is 1. The summed E-state index contributed by atoms with van der Waals surface area (Å²) in [6, 6.07) is 14.7. The van der Waals surface area contributed by atoms with E-state index in [0.717, 1.165) is 15.8 Å². The van der Waals surface area contributed by atoms with E-state index in [4.69, 9.17) is 17.3 Å². The Bertz CT molecular complexity index is 783. The molecule has 3 nitrogen and oxygen atoms in total. The number of carbonyl (C=O) groups excluding carboxylic acids is 1. The van der Waals surface area contributed by atoms with Crippen LogP contribution in [0.5, 0.6) is 0 Å². The molecule has 0 saturated heterocycles. The molecule has 0 atom stereocenters. The number of nitrogens with two attached hydrogens (primary N) is 1. The second-order valence-corrected chi connectivity index (χ2v) is 5.79. The van der Waals surface area contributed by atoms with Gasteiger partial charge in [0.15, 0.2) is 0 Å². The maximum absolute atomic E-state index is 12.3. The van der Waals surface area contributed by atoms with Gasteiger partial charge < -0.3 is 11.1 Å². The van der Waals surface area contributed by atoms with E-state index < -0.39 is 0 Å². The summed E-state index contributed by atoms with van der Waals surface area (Å²) in [5.41, 5.74) is 7.29. The van der Waals surface area contributed by atoms with Crippen molar-refractivity contribution < 1.29 is 4.79 Å². The Morgan fingerprint density at radius 2 is 1.90 bits per heavy atom. The number of nitrogen functional groups attached to an aromatic ring is 1. The first kappa shape index (κ1) is 13.0. The highest BCUT2D eigenvalue weighted by Gasteiger charge is 2.16. The van der Waals surface area contributed by atoms with Gasteiger partial charge in [-0.3, -0.25) is 4.79 Å². The van der Waals surface area contributed by atoms with Gasteiger partial charge in [-0.25, -0.2) is 0 Å². The molecule has 5 heteroatoms. The second-order valence-electron chi connectivity index (χ2n) is 4.31. The summed E-state index contributed by atoms with van der Waals surface area (Å²) in [6.45, 7) is 0. The molecule has 2 aromatic carbocycles. The van der Waals surface area contributed by atoms with Crippen LogP contribution >= 0.6 is 22.9 Å². The molecule has 0 radical (unpaired) electrons. The Labute approximate surface area is 125 Å². The smallest absolute Gasteiger partial charge is 0.267 e. The number of rotatable bonds is 2. The lowest BCUT2D eigenvalue weighted by Gasteiger charge is -2.03. The molecule has 3 aromatic rings. The van der Waals surface area contributed by atoms with E-state index >= 15 is 0 Å². The molecule has 0 aliphatic rings. The van der Waals surface area contributed by atoms with E-state index in [9.17, 15) is 4.79 Å². The summed E-state index contributed by atoms with van der Waals surface area (Å²) in [5.74, 6) is -0.203. The Morgan fingerprint density at radius 1 is 1.15 bits per heavy atom. The Balaban J connectivity index is 1.97. The van der Waals surface area contributed by atoms with E-state index in [0.29, 0.717) is 15.6 Å². The van der Waals surface area contributed by atoms with Crippen LogP contribution in [0.25, 0.3) is 10.1 Å². The molecular formula is C15H11ClN2OS. The number of para-hydroxylation sites is 1. The van der Waals surface area contributed by atoms with Gasteiger partial charge in [0.25, 0.3) is 5.91 Å². The van der Waals surface area contributed by atoms with Crippen LogP contribution in [-0.2, 0) is 0 Å². The summed E-state index contributed by atoms with van der Waals surface area (Å²) in [5, 5.41) is 4.33. The molecule has 0 fully saturated rings. The highest BCUT2D eigenvalue weighted by atomic mass is 35.5. The summed E-state index contributed by atoms with van der Waals surface area (Å²) < 4.78 is 0.910. The quantitative estimate of drug-likeness (QED) is 0.737. The maximum Gasteiger partial charge on any atom is 0.267 e. The SMILES string of the molecule is Nc1c(C(=O)Nc2ccccc2)sc2cc(Cl)ccc12. The average molecular weight is 303 g/mol. The third-order valence-corrected chi connectivity index (χ3v) is 4.33. The van der Waals surface area contributed by atoms with Gasteiger partial charge in [0.05, 0.1) is 5.69 Å². The van der Waals surface area contributed by atoms with Crippen LogP contribution < -0.4 is 11.1 Å². The molecule has 1 aromatic heterocycles. The summed E-state index contributed by atoms with van der Waals surface area (Å²) in [7, 11) is 0. The Morgan fingerprint density at radius 3 is 2.65 bits per heavy atom. The van der Waals surface area contributed by atoms with E-state index in [1.165, 1.54) is 11.3 Å². The van der Waals surface area contributed by atoms with Crippen molar-refractivity contribution in [1.29, 1.82) is 0 Å². The average Bonchev–Trinajstić information content (AvgIpc) is 2.76. The summed E-state index contributed by atoms with van der Waals surface area (Å²) in [4.78, 5) is 12.8. The van der Waals surface area contributed by atoms with Crippen molar-refractivity contribution in [2.24, 2.45) is 0 Å². The van der Waals surface area contributed by atoms with Gasteiger partial charge >= 0.3 is 0 Å². The summed E-state index contributed by atoms with van der Waals surface area (Å²) >= 11 is 7.30. The first-order chi connectivity index (χ1) is 9.65. The van der Waals surface area contributed by atoms with Crippen molar-refractivity contribution >= 4 is 50.3 Å². The molecule has 0 aliphatic carbocycles. The normalized spacial score (nSPS) is 10.7. The van der Waals surface area contributed by atoms with Gasteiger partial charge in [-0.05, 0) is 30.3 Å². The molecular weight excluding hydrogens is 292 g/mol. The van der Waals surface area contributed by atoms with E-state index in [1.54, 1.807) is 6.07 Å². The van der Waals surface area contributed by atoms with Crippen molar-refractivity contribution in [2.75, 3.05) is 11.1 Å². The predicted molar refractivity (Wildman–Crippen MR) is 85.6 cm³/mol. The second kappa shape index (κ2) is 5.15. The largest absolute Gasteiger partial charge is 0.397 e. The lowest BCUT2D eigenvalue weighted by atomic mass is 10.2. The van der Waals surface area contributed by atoms with E-state index in [1.807, 2.05) is 42.5 Å². The Kier molecular flexibility index (Phi) is 3.34. The van der Waals surface area contributed by atoms with Crippen LogP contribution in [-0.4, -0.2) is 5.91 Å². The molecule has 3 N–H and O–H groups in total. The maximum atomic E-state index is 12.3. The fourth-order valence-electron chi connectivity index (χ4n) is 1.97. The lowest BCUT2D eigenvalue weighted by Crippen LogP contribution is -2.11. The van der Waals surface area contributed by atoms with Gasteiger partial charge in [-0.2, -0.15) is 0 Å². The molecule has 1 amide bonds. The van der Waals surface area contributed by atoms with E-state index in [-0.39, 0.29) is 5.91 Å². The molecule has 1 heterocycles. The number of nitrogens with one attached hydrogen (secondary N) is 1. The monoisotopic (exact) mass is 302 g/mol. The van der Waals surface area contributed by atoms with Gasteiger partial charge in [-0.1, -0.05) is 29.8 Å². The van der Waals surface area contributed by atoms with Crippen LogP contribution in [0.1, 0.15) is 9.67 Å². The van der Waals surface area contributed by atoms with Crippen LogP contribution in [0.15, 0.2) is 48.5 Å². The lowest BCUT2D eigenvalue weighted by molar-refractivity contribution is 0.103. The minimum atomic E-state index is -0.203. The van der Waals surface area contributed by atoms with Gasteiger partial charge in [0.1, 0.15) is 4.88 Å². The fourth-order valence-corrected chi connectivity index (χ4v) is 3.26. The van der Waals surface area contributed by atoms with Crippen molar-refractivity contribution in [2.45, 2.75) is 0 Å². The predicted octanol–water partition coefficient (Wildman–Crippen LogP) is 4.39. The standard InChI is InChI=1S/C15H11ClN2OS/c16-9-6-7-11-12(8-9)20-14(13(11)17)15(19)18-10-4-2-1-3-5-10/h1-8H,17H2,(H,18,19). The molecule has 20 heavy (non-hydrogen) atoms. The molecule has 0 aliphatic heterocycles. The number of carbonyl (C=O) groups is 1. The van der Waals surface area contributed by atoms with Gasteiger partial charge in [-0.15, -0.1) is 11.3 Å². The van der Waals surface area contributed by atoms with E-state index in [2.05, 4.69) is 5.32 Å². The molecule has 0 saturated carbocycles. The molecule has 3 rings (SSSR count). The number of amides is 1. The number of hydrogen-bond acceptors (Lipinski definition) is 3.